The minimum absolute atomic E-state index is 0.00305. The lowest BCUT2D eigenvalue weighted by atomic mass is 9.86. The van der Waals surface area contributed by atoms with E-state index in [1.165, 1.54) is 24.3 Å². The number of alkyl carbamates (subject to hydrolysis) is 1. The zero-order chi connectivity index (χ0) is 43.7. The first-order chi connectivity index (χ1) is 30.7. The van der Waals surface area contributed by atoms with Gasteiger partial charge in [-0.05, 0) is 108 Å². The third-order valence-corrected chi connectivity index (χ3v) is 11.5. The summed E-state index contributed by atoms with van der Waals surface area (Å²) >= 11 is 0. The van der Waals surface area contributed by atoms with Gasteiger partial charge in [-0.15, -0.1) is 0 Å². The quantitative estimate of drug-likeness (QED) is 0.0477. The highest BCUT2D eigenvalue weighted by Gasteiger charge is 2.37. The van der Waals surface area contributed by atoms with E-state index < -0.39 is 30.0 Å². The highest BCUT2D eigenvalue weighted by Crippen LogP contribution is 2.32. The fourth-order valence-electron chi connectivity index (χ4n) is 8.18. The maximum atomic E-state index is 14.9. The van der Waals surface area contributed by atoms with Crippen molar-refractivity contribution in [2.75, 3.05) is 39.4 Å². The summed E-state index contributed by atoms with van der Waals surface area (Å²) in [5.41, 5.74) is 3.93. The number of carbonyl (C=O) groups is 2. The number of aromatic nitrogens is 1. The molecular formula is C49H49FN4O9. The zero-order valence-electron chi connectivity index (χ0n) is 34.5. The van der Waals surface area contributed by atoms with Crippen molar-refractivity contribution in [1.82, 2.24) is 20.5 Å². The van der Waals surface area contributed by atoms with Crippen LogP contribution < -0.4 is 25.7 Å². The molecule has 9 rings (SSSR count). The first-order valence-corrected chi connectivity index (χ1v) is 21.0. The molecule has 6 aromatic rings. The second-order valence-corrected chi connectivity index (χ2v) is 15.8. The Labute approximate surface area is 363 Å². The van der Waals surface area contributed by atoms with Crippen molar-refractivity contribution in [3.05, 3.63) is 171 Å². The van der Waals surface area contributed by atoms with E-state index in [0.29, 0.717) is 33.7 Å². The number of phenolic OH excluding ortho intramolecular Hbond substituents is 1. The largest absolute Gasteiger partial charge is 0.506 e. The van der Waals surface area contributed by atoms with Gasteiger partial charge in [0.05, 0.1) is 23.2 Å². The van der Waals surface area contributed by atoms with Crippen LogP contribution in [0.25, 0.3) is 10.9 Å². The SMILES string of the molecule is O=C(N[C@@H](c1ccccc1)c1cccc(OCc2ccc(C(=O)OCCOc3ccc(CNC[C@H](O)c4ccc(O)c5[nH]c(=O)ccc45)cc3F)cc2)c1)O[C@H]1CN2CCC1CC2. The predicted octanol–water partition coefficient (Wildman–Crippen LogP) is 6.92. The van der Waals surface area contributed by atoms with Gasteiger partial charge in [-0.1, -0.05) is 66.7 Å². The number of amides is 1. The first-order valence-electron chi connectivity index (χ1n) is 21.0. The molecule has 3 atom stereocenters. The molecule has 5 N–H and O–H groups in total. The van der Waals surface area contributed by atoms with E-state index in [1.54, 1.807) is 42.5 Å². The second kappa shape index (κ2) is 20.0. The summed E-state index contributed by atoms with van der Waals surface area (Å²) in [5, 5.41) is 27.6. The molecule has 63 heavy (non-hydrogen) atoms. The summed E-state index contributed by atoms with van der Waals surface area (Å²) in [5.74, 6) is -0.221. The van der Waals surface area contributed by atoms with E-state index in [2.05, 4.69) is 20.5 Å². The fraction of sp³-hybridized carbons (Fsp3) is 0.286. The Morgan fingerprint density at radius 1 is 0.841 bits per heavy atom. The molecule has 13 nitrogen and oxygen atoms in total. The Morgan fingerprint density at radius 2 is 1.62 bits per heavy atom. The van der Waals surface area contributed by atoms with Gasteiger partial charge in [0.2, 0.25) is 5.56 Å². The van der Waals surface area contributed by atoms with Gasteiger partial charge in [-0.25, -0.2) is 14.0 Å². The van der Waals surface area contributed by atoms with Gasteiger partial charge in [-0.2, -0.15) is 0 Å². The number of ether oxygens (including phenoxy) is 4. The third-order valence-electron chi connectivity index (χ3n) is 11.5. The molecule has 3 aliphatic rings. The number of nitrogens with one attached hydrogen (secondary N) is 3. The van der Waals surface area contributed by atoms with E-state index in [9.17, 15) is 29.0 Å². The molecule has 3 aliphatic heterocycles. The third kappa shape index (κ3) is 10.8. The molecule has 0 spiro atoms. The number of halogens is 1. The number of rotatable bonds is 17. The Balaban J connectivity index is 0.773. The molecule has 0 radical (unpaired) electrons. The predicted molar refractivity (Wildman–Crippen MR) is 233 cm³/mol. The van der Waals surface area contributed by atoms with Crippen molar-refractivity contribution in [3.63, 3.8) is 0 Å². The first kappa shape index (κ1) is 42.9. The van der Waals surface area contributed by atoms with Crippen LogP contribution in [0.1, 0.15) is 63.2 Å². The van der Waals surface area contributed by atoms with Gasteiger partial charge in [0.15, 0.2) is 11.6 Å². The molecule has 14 heteroatoms. The van der Waals surface area contributed by atoms with Gasteiger partial charge in [-0.3, -0.25) is 9.69 Å². The highest BCUT2D eigenvalue weighted by atomic mass is 19.1. The van der Waals surface area contributed by atoms with E-state index in [4.69, 9.17) is 18.9 Å². The van der Waals surface area contributed by atoms with Gasteiger partial charge in [0.25, 0.3) is 0 Å². The number of aliphatic hydroxyl groups is 1. The smallest absolute Gasteiger partial charge is 0.408 e. The van der Waals surface area contributed by atoms with Crippen LogP contribution in [0, 0.1) is 11.7 Å². The number of H-pyrrole nitrogens is 1. The Bertz CT molecular complexity index is 2580. The zero-order valence-corrected chi connectivity index (χ0v) is 34.5. The van der Waals surface area contributed by atoms with Crippen LogP contribution in [0.15, 0.2) is 126 Å². The molecular weight excluding hydrogens is 808 g/mol. The van der Waals surface area contributed by atoms with Crippen LogP contribution in [-0.4, -0.2) is 77.7 Å². The summed E-state index contributed by atoms with van der Waals surface area (Å²) in [4.78, 5) is 42.6. The Hall–Kier alpha value is -6.74. The number of aliphatic hydroxyl groups excluding tert-OH is 1. The van der Waals surface area contributed by atoms with E-state index in [1.807, 2.05) is 54.6 Å². The lowest BCUT2D eigenvalue weighted by molar-refractivity contribution is -0.0336. The van der Waals surface area contributed by atoms with Gasteiger partial charge in [0.1, 0.15) is 37.4 Å². The maximum absolute atomic E-state index is 14.9. The number of aromatic hydroxyl groups is 1. The Kier molecular flexibility index (Phi) is 13.6. The number of hydrogen-bond acceptors (Lipinski definition) is 11. The molecule has 3 fully saturated rings. The minimum atomic E-state index is -0.960. The second-order valence-electron chi connectivity index (χ2n) is 15.8. The number of benzene rings is 5. The van der Waals surface area contributed by atoms with Crippen LogP contribution >= 0.6 is 0 Å². The molecule has 4 heterocycles. The van der Waals surface area contributed by atoms with Crippen LogP contribution in [0.5, 0.6) is 17.2 Å². The van der Waals surface area contributed by atoms with Crippen molar-refractivity contribution in [2.45, 2.75) is 44.2 Å². The molecule has 0 aliphatic carbocycles. The van der Waals surface area contributed by atoms with Gasteiger partial charge >= 0.3 is 12.1 Å². The molecule has 5 aromatic carbocycles. The summed E-state index contributed by atoms with van der Waals surface area (Å²) in [6.45, 7) is 3.36. The van der Waals surface area contributed by atoms with Crippen molar-refractivity contribution in [3.8, 4) is 17.2 Å². The average Bonchev–Trinajstić information content (AvgIpc) is 3.30. The summed E-state index contributed by atoms with van der Waals surface area (Å²) in [6.07, 6.45) is 0.598. The van der Waals surface area contributed by atoms with Gasteiger partial charge < -0.3 is 44.8 Å². The van der Waals surface area contributed by atoms with E-state index >= 15 is 0 Å². The highest BCUT2D eigenvalue weighted by molar-refractivity contribution is 5.89. The number of pyridine rings is 1. The molecule has 1 aromatic heterocycles. The topological polar surface area (TPSA) is 172 Å². The lowest BCUT2D eigenvalue weighted by Gasteiger charge is -2.43. The number of aromatic amines is 1. The van der Waals surface area contributed by atoms with Crippen molar-refractivity contribution in [1.29, 1.82) is 0 Å². The molecule has 3 saturated heterocycles. The average molecular weight is 857 g/mol. The number of phenols is 1. The number of fused-ring (bicyclic) bond motifs is 4. The molecule has 0 unspecified atom stereocenters. The lowest BCUT2D eigenvalue weighted by Crippen LogP contribution is -2.52. The van der Waals surface area contributed by atoms with Gasteiger partial charge in [0, 0.05) is 31.1 Å². The summed E-state index contributed by atoms with van der Waals surface area (Å²) in [6, 6.07) is 34.1. The van der Waals surface area contributed by atoms with Crippen LogP contribution in [0.3, 0.4) is 0 Å². The van der Waals surface area contributed by atoms with Crippen molar-refractivity contribution >= 4 is 23.0 Å². The van der Waals surface area contributed by atoms with Crippen molar-refractivity contribution in [2.24, 2.45) is 5.92 Å². The number of piperidine rings is 3. The normalized spacial score (nSPS) is 17.7. The standard InChI is InChI=1S/C49H49FN4O9/c50-40-25-32(27-51-28-42(56)38-14-16-41(55)47-39(38)15-18-45(57)52-47)11-17-43(40)60-23-24-61-48(58)35-12-9-31(10-13-35)30-62-37-8-4-7-36(26-37)46(34-5-2-1-3-6-34)53-49(59)63-44-29-54-21-19-33(44)20-22-54/h1-18,25-26,33,42,44,46,51,55-56H,19-24,27-30H2,(H,52,57)(H,53,59)/t42-,44-,46-/m0/s1. The number of esters is 1. The molecule has 1 amide bonds. The Morgan fingerprint density at radius 3 is 2.38 bits per heavy atom. The van der Waals surface area contributed by atoms with Crippen LogP contribution in [0.2, 0.25) is 0 Å². The molecule has 0 saturated carbocycles. The van der Waals surface area contributed by atoms with E-state index in [-0.39, 0.29) is 61.6 Å². The van der Waals surface area contributed by atoms with Crippen LogP contribution in [-0.2, 0) is 22.6 Å². The molecule has 326 valence electrons. The maximum Gasteiger partial charge on any atom is 0.408 e. The monoisotopic (exact) mass is 856 g/mol. The van der Waals surface area contributed by atoms with Crippen molar-refractivity contribution < 1.29 is 43.1 Å². The summed E-state index contributed by atoms with van der Waals surface area (Å²) in [7, 11) is 0. The van der Waals surface area contributed by atoms with Crippen LogP contribution in [0.4, 0.5) is 9.18 Å². The summed E-state index contributed by atoms with van der Waals surface area (Å²) < 4.78 is 37.9. The fourth-order valence-corrected chi connectivity index (χ4v) is 8.18. The molecule has 2 bridgehead atoms. The number of carbonyl (C=O) groups excluding carboxylic acids is 2. The van der Waals surface area contributed by atoms with E-state index in [0.717, 1.165) is 49.2 Å². The number of nitrogens with zero attached hydrogens (tertiary/aromatic N) is 1. The number of hydrogen-bond donors (Lipinski definition) is 5. The minimum Gasteiger partial charge on any atom is -0.506 e.